The third-order valence-electron chi connectivity index (χ3n) is 5.63. The van der Waals surface area contributed by atoms with Crippen molar-refractivity contribution in [1.82, 2.24) is 9.55 Å². The van der Waals surface area contributed by atoms with Gasteiger partial charge in [0.1, 0.15) is 0 Å². The number of anilines is 1. The number of nitriles is 1. The van der Waals surface area contributed by atoms with Gasteiger partial charge >= 0.3 is 0 Å². The summed E-state index contributed by atoms with van der Waals surface area (Å²) in [5.41, 5.74) is 1.68. The molecule has 1 aliphatic rings. The molecule has 1 fully saturated rings. The normalized spacial score (nSPS) is 15.4. The second-order valence-corrected chi connectivity index (χ2v) is 9.13. The van der Waals surface area contributed by atoms with Crippen LogP contribution in [0.5, 0.6) is 0 Å². The molecule has 4 rings (SSSR count). The largest absolute Gasteiger partial charge is 0.325 e. The predicted molar refractivity (Wildman–Crippen MR) is 123 cm³/mol. The average molecular weight is 433 g/mol. The fourth-order valence-corrected chi connectivity index (χ4v) is 4.97. The molecule has 0 spiro atoms. The molecule has 1 N–H and O–H groups in total. The lowest BCUT2D eigenvalue weighted by Gasteiger charge is -2.26. The first-order valence-corrected chi connectivity index (χ1v) is 11.4. The van der Waals surface area contributed by atoms with E-state index < -0.39 is 5.25 Å². The molecule has 7 heteroatoms. The minimum Gasteiger partial charge on any atom is -0.325 e. The van der Waals surface area contributed by atoms with E-state index in [1.165, 1.54) is 18.2 Å². The van der Waals surface area contributed by atoms with Crippen LogP contribution in [0.15, 0.2) is 58.5 Å². The van der Waals surface area contributed by atoms with E-state index in [1.807, 2.05) is 28.8 Å². The van der Waals surface area contributed by atoms with Gasteiger partial charge in [-0.2, -0.15) is 5.26 Å². The summed E-state index contributed by atoms with van der Waals surface area (Å²) in [6.07, 6.45) is 5.29. The number of hydrogen-bond donors (Lipinski definition) is 1. The van der Waals surface area contributed by atoms with Gasteiger partial charge < -0.3 is 5.32 Å². The maximum Gasteiger partial charge on any atom is 0.262 e. The van der Waals surface area contributed by atoms with Gasteiger partial charge in [0.05, 0.1) is 27.8 Å². The number of fused-ring (bicyclic) bond motifs is 1. The molecule has 31 heavy (non-hydrogen) atoms. The Kier molecular flexibility index (Phi) is 6.38. The molecule has 1 atom stereocenters. The number of nitrogens with one attached hydrogen (secondary N) is 1. The molecule has 6 nitrogen and oxygen atoms in total. The lowest BCUT2D eigenvalue weighted by molar-refractivity contribution is -0.115. The number of hydrogen-bond acceptors (Lipinski definition) is 5. The van der Waals surface area contributed by atoms with Gasteiger partial charge in [-0.25, -0.2) is 4.98 Å². The molecule has 1 saturated carbocycles. The molecular formula is C24H24N4O2S. The van der Waals surface area contributed by atoms with Crippen LogP contribution in [0.4, 0.5) is 5.69 Å². The third-order valence-corrected chi connectivity index (χ3v) is 6.69. The molecule has 3 aromatic rings. The average Bonchev–Trinajstić information content (AvgIpc) is 2.80. The summed E-state index contributed by atoms with van der Waals surface area (Å²) in [5.74, 6) is -0.197. The zero-order valence-corrected chi connectivity index (χ0v) is 18.2. The fourth-order valence-electron chi connectivity index (χ4n) is 3.99. The molecule has 1 amide bonds. The molecule has 1 unspecified atom stereocenters. The zero-order chi connectivity index (χ0) is 21.8. The number of carbonyl (C=O) groups is 1. The summed E-state index contributed by atoms with van der Waals surface area (Å²) in [7, 11) is 0. The predicted octanol–water partition coefficient (Wildman–Crippen LogP) is 4.89. The first-order chi connectivity index (χ1) is 15.1. The van der Waals surface area contributed by atoms with Crippen LogP contribution in [-0.2, 0) is 4.79 Å². The van der Waals surface area contributed by atoms with E-state index in [1.54, 1.807) is 31.2 Å². The zero-order valence-electron chi connectivity index (χ0n) is 17.4. The lowest BCUT2D eigenvalue weighted by atomic mass is 9.95. The van der Waals surface area contributed by atoms with Crippen LogP contribution in [0.1, 0.15) is 50.6 Å². The monoisotopic (exact) mass is 432 g/mol. The van der Waals surface area contributed by atoms with Crippen molar-refractivity contribution < 1.29 is 4.79 Å². The quantitative estimate of drug-likeness (QED) is 0.458. The SMILES string of the molecule is CC(Sc1nc2ccccc2c(=O)n1C1CCCCC1)C(=O)Nc1cccc(C#N)c1. The Morgan fingerprint density at radius 1 is 1.19 bits per heavy atom. The molecule has 1 aliphatic carbocycles. The Balaban J connectivity index is 1.64. The standard InChI is InChI=1S/C24H24N4O2S/c1-16(22(29)26-18-9-7-8-17(14-18)15-25)31-24-27-21-13-6-5-12-20(21)23(30)28(24)19-10-3-2-4-11-19/h5-9,12-14,16,19H,2-4,10-11H2,1H3,(H,26,29). The number of aromatic nitrogens is 2. The van der Waals surface area contributed by atoms with Gasteiger partial charge in [-0.05, 0) is 50.1 Å². The van der Waals surface area contributed by atoms with Gasteiger partial charge in [0.25, 0.3) is 5.56 Å². The van der Waals surface area contributed by atoms with Crippen LogP contribution in [-0.4, -0.2) is 20.7 Å². The summed E-state index contributed by atoms with van der Waals surface area (Å²) in [4.78, 5) is 30.9. The number of para-hydroxylation sites is 1. The highest BCUT2D eigenvalue weighted by Crippen LogP contribution is 2.32. The second-order valence-electron chi connectivity index (χ2n) is 7.82. The third kappa shape index (κ3) is 4.64. The number of benzene rings is 2. The van der Waals surface area contributed by atoms with Crippen molar-refractivity contribution in [2.45, 2.75) is 55.5 Å². The highest BCUT2D eigenvalue weighted by atomic mass is 32.2. The van der Waals surface area contributed by atoms with E-state index in [0.29, 0.717) is 27.3 Å². The maximum absolute atomic E-state index is 13.3. The van der Waals surface area contributed by atoms with E-state index in [4.69, 9.17) is 10.2 Å². The fraction of sp³-hybridized carbons (Fsp3) is 0.333. The molecular weight excluding hydrogens is 408 g/mol. The van der Waals surface area contributed by atoms with Crippen LogP contribution in [0.3, 0.4) is 0 Å². The van der Waals surface area contributed by atoms with E-state index in [2.05, 4.69) is 11.4 Å². The molecule has 0 radical (unpaired) electrons. The van der Waals surface area contributed by atoms with E-state index in [9.17, 15) is 9.59 Å². The number of nitrogens with zero attached hydrogens (tertiary/aromatic N) is 3. The van der Waals surface area contributed by atoms with Gasteiger partial charge in [0.15, 0.2) is 5.16 Å². The van der Waals surface area contributed by atoms with Gasteiger partial charge in [0.2, 0.25) is 5.91 Å². The number of rotatable bonds is 5. The first kappa shape index (κ1) is 21.1. The van der Waals surface area contributed by atoms with Gasteiger partial charge in [-0.3, -0.25) is 14.2 Å². The van der Waals surface area contributed by atoms with Crippen LogP contribution in [0.2, 0.25) is 0 Å². The highest BCUT2D eigenvalue weighted by molar-refractivity contribution is 8.00. The van der Waals surface area contributed by atoms with Crippen molar-refractivity contribution in [3.63, 3.8) is 0 Å². The van der Waals surface area contributed by atoms with Crippen LogP contribution in [0.25, 0.3) is 10.9 Å². The van der Waals surface area contributed by atoms with E-state index >= 15 is 0 Å². The summed E-state index contributed by atoms with van der Waals surface area (Å²) in [6, 6.07) is 16.4. The van der Waals surface area contributed by atoms with Gasteiger partial charge in [-0.15, -0.1) is 0 Å². The summed E-state index contributed by atoms with van der Waals surface area (Å²) < 4.78 is 1.81. The Morgan fingerprint density at radius 2 is 1.97 bits per heavy atom. The van der Waals surface area contributed by atoms with Crippen molar-refractivity contribution in [3.8, 4) is 6.07 Å². The Labute approximate surface area is 185 Å². The molecule has 0 saturated heterocycles. The smallest absolute Gasteiger partial charge is 0.262 e. The van der Waals surface area contributed by atoms with E-state index in [0.717, 1.165) is 25.7 Å². The van der Waals surface area contributed by atoms with Crippen LogP contribution >= 0.6 is 11.8 Å². The minimum absolute atomic E-state index is 0.0330. The number of thioether (sulfide) groups is 1. The summed E-state index contributed by atoms with van der Waals surface area (Å²) in [5, 5.41) is 12.7. The summed E-state index contributed by atoms with van der Waals surface area (Å²) >= 11 is 1.30. The second kappa shape index (κ2) is 9.36. The van der Waals surface area contributed by atoms with Crippen LogP contribution < -0.4 is 10.9 Å². The van der Waals surface area contributed by atoms with Gasteiger partial charge in [0, 0.05) is 11.7 Å². The lowest BCUT2D eigenvalue weighted by Crippen LogP contribution is -2.30. The Morgan fingerprint density at radius 3 is 2.74 bits per heavy atom. The summed E-state index contributed by atoms with van der Waals surface area (Å²) in [6.45, 7) is 1.81. The van der Waals surface area contributed by atoms with Crippen molar-refractivity contribution in [2.75, 3.05) is 5.32 Å². The van der Waals surface area contributed by atoms with Crippen LogP contribution in [0, 0.1) is 11.3 Å². The number of amides is 1. The maximum atomic E-state index is 13.3. The Hall–Kier alpha value is -3.11. The highest BCUT2D eigenvalue weighted by Gasteiger charge is 2.25. The molecule has 0 aliphatic heterocycles. The van der Waals surface area contributed by atoms with Crippen molar-refractivity contribution in [1.29, 1.82) is 5.26 Å². The van der Waals surface area contributed by atoms with Crippen molar-refractivity contribution in [2.24, 2.45) is 0 Å². The number of carbonyl (C=O) groups excluding carboxylic acids is 1. The van der Waals surface area contributed by atoms with Crippen molar-refractivity contribution in [3.05, 3.63) is 64.4 Å². The molecule has 1 aromatic heterocycles. The minimum atomic E-state index is -0.464. The molecule has 158 valence electrons. The molecule has 2 aromatic carbocycles. The molecule has 1 heterocycles. The first-order valence-electron chi connectivity index (χ1n) is 10.6. The van der Waals surface area contributed by atoms with E-state index in [-0.39, 0.29) is 17.5 Å². The molecule has 0 bridgehead atoms. The van der Waals surface area contributed by atoms with Gasteiger partial charge in [-0.1, -0.05) is 49.2 Å². The Bertz CT molecular complexity index is 1210. The van der Waals surface area contributed by atoms with Crippen molar-refractivity contribution >= 4 is 34.3 Å². The topological polar surface area (TPSA) is 87.8 Å².